The van der Waals surface area contributed by atoms with Crippen LogP contribution in [0.4, 0.5) is 4.79 Å². The number of benzene rings is 1. The molecule has 9 heteroatoms. The lowest BCUT2D eigenvalue weighted by Crippen LogP contribution is -2.54. The highest BCUT2D eigenvalue weighted by molar-refractivity contribution is 6.08. The van der Waals surface area contributed by atoms with E-state index in [0.717, 1.165) is 16.9 Å². The van der Waals surface area contributed by atoms with Crippen molar-refractivity contribution in [1.29, 1.82) is 0 Å². The number of methoxy groups -OCH3 is 1. The van der Waals surface area contributed by atoms with Gasteiger partial charge >= 0.3 is 12.0 Å². The van der Waals surface area contributed by atoms with E-state index < -0.39 is 42.5 Å². The topological polar surface area (TPSA) is 114 Å². The molecule has 1 spiro atoms. The van der Waals surface area contributed by atoms with Crippen molar-refractivity contribution in [2.45, 2.75) is 58.5 Å². The number of carbonyl (C=O) groups is 4. The van der Waals surface area contributed by atoms with Gasteiger partial charge in [0.05, 0.1) is 13.2 Å². The third-order valence-corrected chi connectivity index (χ3v) is 6.26. The van der Waals surface area contributed by atoms with E-state index in [4.69, 9.17) is 9.47 Å². The molecule has 4 amide bonds. The predicted octanol–water partition coefficient (Wildman–Crippen LogP) is 2.55. The molecule has 3 rings (SSSR count). The molecule has 2 aliphatic rings. The van der Waals surface area contributed by atoms with Crippen LogP contribution in [0, 0.1) is 11.3 Å². The van der Waals surface area contributed by atoms with E-state index in [-0.39, 0.29) is 17.4 Å². The fraction of sp³-hybridized carbons (Fsp3) is 0.583. The molecule has 3 atom stereocenters. The monoisotopic (exact) mass is 459 g/mol. The van der Waals surface area contributed by atoms with Crippen molar-refractivity contribution in [3.8, 4) is 5.75 Å². The minimum atomic E-state index is -0.986. The zero-order valence-electron chi connectivity index (χ0n) is 19.9. The Bertz CT molecular complexity index is 946. The van der Waals surface area contributed by atoms with Crippen LogP contribution in [-0.2, 0) is 19.1 Å². The van der Waals surface area contributed by atoms with Gasteiger partial charge in [0.2, 0.25) is 0 Å². The number of ether oxygens (including phenoxy) is 2. The summed E-state index contributed by atoms with van der Waals surface area (Å²) >= 11 is 0. The van der Waals surface area contributed by atoms with Gasteiger partial charge in [-0.1, -0.05) is 39.0 Å². The molecule has 1 heterocycles. The molecule has 1 saturated carbocycles. The lowest BCUT2D eigenvalue weighted by Gasteiger charge is -2.43. The first-order chi connectivity index (χ1) is 15.5. The van der Waals surface area contributed by atoms with Gasteiger partial charge in [-0.3, -0.25) is 19.3 Å². The van der Waals surface area contributed by atoms with E-state index >= 15 is 0 Å². The van der Waals surface area contributed by atoms with Gasteiger partial charge < -0.3 is 20.1 Å². The minimum absolute atomic E-state index is 0.104. The van der Waals surface area contributed by atoms with Gasteiger partial charge in [-0.05, 0) is 43.6 Å². The Morgan fingerprint density at radius 2 is 1.94 bits per heavy atom. The Balaban J connectivity index is 1.54. The van der Waals surface area contributed by atoms with Gasteiger partial charge in [0.15, 0.2) is 6.61 Å². The molecule has 0 radical (unpaired) electrons. The van der Waals surface area contributed by atoms with Crippen molar-refractivity contribution in [3.05, 3.63) is 29.8 Å². The van der Waals surface area contributed by atoms with Crippen LogP contribution >= 0.6 is 0 Å². The summed E-state index contributed by atoms with van der Waals surface area (Å²) in [6, 6.07) is 6.31. The third-order valence-electron chi connectivity index (χ3n) is 6.26. The van der Waals surface area contributed by atoms with E-state index in [0.29, 0.717) is 18.6 Å². The molecule has 1 aliphatic heterocycles. The van der Waals surface area contributed by atoms with Crippen molar-refractivity contribution in [2.24, 2.45) is 11.3 Å². The summed E-state index contributed by atoms with van der Waals surface area (Å²) in [7, 11) is 1.55. The van der Waals surface area contributed by atoms with Gasteiger partial charge in [0.1, 0.15) is 17.8 Å². The zero-order chi connectivity index (χ0) is 24.4. The highest BCUT2D eigenvalue weighted by Crippen LogP contribution is 2.46. The molecule has 180 valence electrons. The molecular weight excluding hydrogens is 426 g/mol. The smallest absolute Gasteiger partial charge is 0.326 e. The van der Waals surface area contributed by atoms with Crippen LogP contribution in [0.15, 0.2) is 24.3 Å². The number of imide groups is 1. The number of esters is 1. The van der Waals surface area contributed by atoms with Crippen LogP contribution in [0.3, 0.4) is 0 Å². The van der Waals surface area contributed by atoms with Crippen molar-refractivity contribution in [2.75, 3.05) is 20.3 Å². The molecule has 1 saturated heterocycles. The van der Waals surface area contributed by atoms with Crippen molar-refractivity contribution in [1.82, 2.24) is 15.5 Å². The second-order valence-electron chi connectivity index (χ2n) is 9.95. The second kappa shape index (κ2) is 9.41. The maximum absolute atomic E-state index is 13.1. The maximum atomic E-state index is 13.1. The highest BCUT2D eigenvalue weighted by atomic mass is 16.5. The highest BCUT2D eigenvalue weighted by Gasteiger charge is 2.56. The summed E-state index contributed by atoms with van der Waals surface area (Å²) in [5.74, 6) is -0.829. The number of hydrogen-bond acceptors (Lipinski definition) is 6. The molecule has 1 aliphatic carbocycles. The third kappa shape index (κ3) is 5.46. The van der Waals surface area contributed by atoms with Gasteiger partial charge in [-0.25, -0.2) is 4.79 Å². The van der Waals surface area contributed by atoms with Crippen molar-refractivity contribution in [3.63, 3.8) is 0 Å². The molecule has 2 fully saturated rings. The quantitative estimate of drug-likeness (QED) is 0.479. The Hall–Kier alpha value is -3.10. The van der Waals surface area contributed by atoms with E-state index in [1.165, 1.54) is 0 Å². The molecule has 0 unspecified atom stereocenters. The normalized spacial score (nSPS) is 24.9. The van der Waals surface area contributed by atoms with E-state index in [1.807, 2.05) is 18.2 Å². The van der Waals surface area contributed by atoms with Crippen LogP contribution < -0.4 is 15.4 Å². The molecule has 9 nitrogen and oxygen atoms in total. The Morgan fingerprint density at radius 1 is 1.24 bits per heavy atom. The van der Waals surface area contributed by atoms with Crippen LogP contribution in [0.25, 0.3) is 0 Å². The Labute approximate surface area is 194 Å². The van der Waals surface area contributed by atoms with Gasteiger partial charge in [-0.15, -0.1) is 0 Å². The number of para-hydroxylation sites is 1. The van der Waals surface area contributed by atoms with Crippen LogP contribution in [0.2, 0.25) is 0 Å². The summed E-state index contributed by atoms with van der Waals surface area (Å²) in [6.07, 6.45) is 2.02. The van der Waals surface area contributed by atoms with Gasteiger partial charge in [0, 0.05) is 5.56 Å². The first kappa shape index (κ1) is 24.5. The number of rotatable bonds is 7. The molecule has 33 heavy (non-hydrogen) atoms. The number of amides is 4. The number of nitrogens with one attached hydrogen (secondary N) is 2. The average Bonchev–Trinajstić information content (AvgIpc) is 2.93. The molecule has 1 aromatic rings. The van der Waals surface area contributed by atoms with Crippen molar-refractivity contribution < 1.29 is 28.7 Å². The van der Waals surface area contributed by atoms with Crippen LogP contribution in [-0.4, -0.2) is 54.5 Å². The molecular formula is C24H33N3O6. The summed E-state index contributed by atoms with van der Waals surface area (Å²) in [5, 5.41) is 5.56. The summed E-state index contributed by atoms with van der Waals surface area (Å²) in [6.45, 7) is 6.95. The number of urea groups is 1. The van der Waals surface area contributed by atoms with Crippen LogP contribution in [0.5, 0.6) is 5.75 Å². The zero-order valence-corrected chi connectivity index (χ0v) is 19.9. The Morgan fingerprint density at radius 3 is 2.61 bits per heavy atom. The first-order valence-corrected chi connectivity index (χ1v) is 11.2. The second-order valence-corrected chi connectivity index (χ2v) is 9.95. The number of nitrogens with zero attached hydrogens (tertiary/aromatic N) is 1. The number of hydrogen-bond donors (Lipinski definition) is 2. The average molecular weight is 460 g/mol. The minimum Gasteiger partial charge on any atom is -0.496 e. The maximum Gasteiger partial charge on any atom is 0.326 e. The SMILES string of the molecule is COc1ccccc1[C@H](C)NC(=O)COC(=O)CN1C(=O)N[C@]2(C[C@H](C)CC(C)(C)C2)C1=O. The largest absolute Gasteiger partial charge is 0.496 e. The molecule has 0 bridgehead atoms. The summed E-state index contributed by atoms with van der Waals surface area (Å²) in [5.41, 5.74) is -0.304. The molecule has 2 N–H and O–H groups in total. The fourth-order valence-electron chi connectivity index (χ4n) is 5.36. The van der Waals surface area contributed by atoms with Gasteiger partial charge in [-0.2, -0.15) is 0 Å². The van der Waals surface area contributed by atoms with E-state index in [2.05, 4.69) is 31.4 Å². The lowest BCUT2D eigenvalue weighted by atomic mass is 9.64. The Kier molecular flexibility index (Phi) is 7.00. The van der Waals surface area contributed by atoms with E-state index in [1.54, 1.807) is 20.1 Å². The predicted molar refractivity (Wildman–Crippen MR) is 120 cm³/mol. The lowest BCUT2D eigenvalue weighted by molar-refractivity contribution is -0.151. The molecule has 0 aromatic heterocycles. The fourth-order valence-corrected chi connectivity index (χ4v) is 5.36. The number of carbonyl (C=O) groups excluding carboxylic acids is 4. The van der Waals surface area contributed by atoms with E-state index in [9.17, 15) is 19.2 Å². The van der Waals surface area contributed by atoms with Crippen molar-refractivity contribution >= 4 is 23.8 Å². The summed E-state index contributed by atoms with van der Waals surface area (Å²) in [4.78, 5) is 51.1. The van der Waals surface area contributed by atoms with Crippen LogP contribution in [0.1, 0.15) is 58.6 Å². The molecule has 1 aromatic carbocycles. The standard InChI is InChI=1S/C24H33N3O6/c1-15-10-23(3,4)14-24(11-15)21(30)27(22(31)26-24)12-20(29)33-13-19(28)25-16(2)17-8-6-7-9-18(17)32-5/h6-9,15-16H,10-14H2,1-5H3,(H,25,28)(H,26,31)/t15-,16+,24+/m1/s1. The first-order valence-electron chi connectivity index (χ1n) is 11.2. The van der Waals surface area contributed by atoms with Gasteiger partial charge in [0.25, 0.3) is 11.8 Å². The summed E-state index contributed by atoms with van der Waals surface area (Å²) < 4.78 is 10.3.